The average Bonchev–Trinajstić information content (AvgIpc) is 2.53. The number of hydrogen-bond donors (Lipinski definition) is 1. The fraction of sp³-hybridized carbons (Fsp3) is 0.409. The summed E-state index contributed by atoms with van der Waals surface area (Å²) in [6, 6.07) is 9.50. The molecule has 0 atom stereocenters. The summed E-state index contributed by atoms with van der Waals surface area (Å²) in [6.07, 6.45) is 3.81. The first-order chi connectivity index (χ1) is 12.3. The molecule has 0 unspecified atom stereocenters. The van der Waals surface area contributed by atoms with Gasteiger partial charge in [0.25, 0.3) is 0 Å². The lowest BCUT2D eigenvalue weighted by molar-refractivity contribution is -0.127. The summed E-state index contributed by atoms with van der Waals surface area (Å²) in [5.41, 5.74) is 3.66. The van der Waals surface area contributed by atoms with Gasteiger partial charge >= 0.3 is 5.97 Å². The summed E-state index contributed by atoms with van der Waals surface area (Å²) in [5.74, 6) is -0.914. The Hall–Kier alpha value is -2.49. The van der Waals surface area contributed by atoms with Crippen LogP contribution in [0.25, 0.3) is 11.1 Å². The lowest BCUT2D eigenvalue weighted by Gasteiger charge is -2.34. The molecular formula is C22H26O4. The predicted molar refractivity (Wildman–Crippen MR) is 102 cm³/mol. The number of ether oxygens (including phenoxy) is 2. The van der Waals surface area contributed by atoms with E-state index in [-0.39, 0.29) is 5.75 Å². The highest BCUT2D eigenvalue weighted by Crippen LogP contribution is 2.46. The zero-order chi connectivity index (χ0) is 18.9. The minimum atomic E-state index is -1.07. The Balaban J connectivity index is 2.20. The zero-order valence-electron chi connectivity index (χ0n) is 15.9. The van der Waals surface area contributed by atoms with E-state index in [1.54, 1.807) is 19.9 Å². The van der Waals surface area contributed by atoms with Crippen molar-refractivity contribution in [1.29, 1.82) is 0 Å². The first-order valence-corrected chi connectivity index (χ1v) is 9.20. The van der Waals surface area contributed by atoms with Crippen LogP contribution in [-0.4, -0.2) is 16.9 Å². The van der Waals surface area contributed by atoms with E-state index in [0.717, 1.165) is 36.0 Å². The number of esters is 1. The van der Waals surface area contributed by atoms with E-state index < -0.39 is 11.8 Å². The highest BCUT2D eigenvalue weighted by molar-refractivity contribution is 5.99. The van der Waals surface area contributed by atoms with Crippen molar-refractivity contribution in [3.8, 4) is 22.6 Å². The summed E-state index contributed by atoms with van der Waals surface area (Å²) in [4.78, 5) is 12.7. The van der Waals surface area contributed by atoms with Gasteiger partial charge in [0, 0.05) is 13.8 Å². The third-order valence-electron chi connectivity index (χ3n) is 4.59. The van der Waals surface area contributed by atoms with Gasteiger partial charge in [-0.1, -0.05) is 49.6 Å². The molecule has 0 aliphatic carbocycles. The van der Waals surface area contributed by atoms with E-state index in [4.69, 9.17) is 9.47 Å². The number of aromatic hydroxyl groups is 1. The van der Waals surface area contributed by atoms with Gasteiger partial charge in [0.15, 0.2) is 5.75 Å². The van der Waals surface area contributed by atoms with Crippen LogP contribution in [0.2, 0.25) is 0 Å². The Morgan fingerprint density at radius 3 is 2.54 bits per heavy atom. The monoisotopic (exact) mass is 354 g/mol. The fourth-order valence-corrected chi connectivity index (χ4v) is 3.41. The largest absolute Gasteiger partial charge is 0.507 e. The molecule has 0 radical (unpaired) electrons. The van der Waals surface area contributed by atoms with E-state index in [2.05, 4.69) is 6.92 Å². The second kappa shape index (κ2) is 7.02. The molecule has 0 saturated carbocycles. The van der Waals surface area contributed by atoms with Crippen molar-refractivity contribution in [2.24, 2.45) is 0 Å². The number of carbonyl (C=O) groups excluding carboxylic acids is 1. The average molecular weight is 354 g/mol. The van der Waals surface area contributed by atoms with E-state index in [9.17, 15) is 9.90 Å². The molecule has 3 rings (SSSR count). The van der Waals surface area contributed by atoms with Gasteiger partial charge in [-0.2, -0.15) is 0 Å². The first-order valence-electron chi connectivity index (χ1n) is 9.20. The van der Waals surface area contributed by atoms with Crippen molar-refractivity contribution in [2.75, 3.05) is 0 Å². The predicted octanol–water partition coefficient (Wildman–Crippen LogP) is 5.39. The molecule has 1 aliphatic heterocycles. The second-order valence-corrected chi connectivity index (χ2v) is 7.35. The Labute approximate surface area is 154 Å². The number of unbranched alkanes of at least 4 members (excludes halogenated alkanes) is 2. The molecule has 2 aromatic rings. The van der Waals surface area contributed by atoms with E-state index >= 15 is 0 Å². The van der Waals surface area contributed by atoms with Gasteiger partial charge < -0.3 is 14.6 Å². The summed E-state index contributed by atoms with van der Waals surface area (Å²) in [6.45, 7) is 7.53. The Kier molecular flexibility index (Phi) is 4.94. The van der Waals surface area contributed by atoms with E-state index in [1.165, 1.54) is 0 Å². The zero-order valence-corrected chi connectivity index (χ0v) is 15.9. The molecule has 26 heavy (non-hydrogen) atoms. The summed E-state index contributed by atoms with van der Waals surface area (Å²) >= 11 is 0. The Morgan fingerprint density at radius 1 is 1.08 bits per heavy atom. The van der Waals surface area contributed by atoms with Crippen LogP contribution in [0.15, 0.2) is 30.3 Å². The molecule has 0 aromatic heterocycles. The van der Waals surface area contributed by atoms with Crippen molar-refractivity contribution in [3.05, 3.63) is 47.0 Å². The summed E-state index contributed by atoms with van der Waals surface area (Å²) < 4.78 is 11.5. The number of cyclic esters (lactones) is 1. The number of phenolic OH excluding ortho intramolecular Hbond substituents is 1. The molecule has 1 N–H and O–H groups in total. The van der Waals surface area contributed by atoms with Crippen LogP contribution >= 0.6 is 0 Å². The van der Waals surface area contributed by atoms with Crippen molar-refractivity contribution in [3.63, 3.8) is 0 Å². The van der Waals surface area contributed by atoms with Crippen LogP contribution in [0.1, 0.15) is 61.5 Å². The van der Waals surface area contributed by atoms with Crippen LogP contribution in [0.5, 0.6) is 11.5 Å². The molecule has 0 bridgehead atoms. The summed E-state index contributed by atoms with van der Waals surface area (Å²) in [7, 11) is 0. The quantitative estimate of drug-likeness (QED) is 0.578. The number of aryl methyl sites for hydroxylation is 2. The highest BCUT2D eigenvalue weighted by Gasteiger charge is 2.38. The Bertz CT molecular complexity index is 836. The van der Waals surface area contributed by atoms with Crippen LogP contribution in [0, 0.1) is 6.92 Å². The minimum Gasteiger partial charge on any atom is -0.507 e. The van der Waals surface area contributed by atoms with Crippen LogP contribution < -0.4 is 4.74 Å². The molecule has 2 aromatic carbocycles. The molecule has 4 nitrogen and oxygen atoms in total. The lowest BCUT2D eigenvalue weighted by Crippen LogP contribution is -2.39. The molecule has 1 aliphatic rings. The molecule has 1 heterocycles. The SMILES string of the molecule is CCCCCc1cc(O)c(-c2cccc(C)c2)c2c1C(=O)OC(C)(C)O2. The number of phenols is 1. The number of carbonyl (C=O) groups is 1. The van der Waals surface area contributed by atoms with Crippen molar-refractivity contribution in [1.82, 2.24) is 0 Å². The van der Waals surface area contributed by atoms with E-state index in [1.807, 2.05) is 31.2 Å². The second-order valence-electron chi connectivity index (χ2n) is 7.35. The van der Waals surface area contributed by atoms with Crippen molar-refractivity contribution >= 4 is 5.97 Å². The van der Waals surface area contributed by atoms with E-state index in [0.29, 0.717) is 23.3 Å². The van der Waals surface area contributed by atoms with Gasteiger partial charge in [0.2, 0.25) is 5.79 Å². The third-order valence-corrected chi connectivity index (χ3v) is 4.59. The molecule has 138 valence electrons. The Morgan fingerprint density at radius 2 is 1.85 bits per heavy atom. The maximum Gasteiger partial charge on any atom is 0.345 e. The van der Waals surface area contributed by atoms with Gasteiger partial charge in [0.1, 0.15) is 11.3 Å². The molecule has 4 heteroatoms. The smallest absolute Gasteiger partial charge is 0.345 e. The summed E-state index contributed by atoms with van der Waals surface area (Å²) in [5, 5.41) is 10.8. The molecular weight excluding hydrogens is 328 g/mol. The topological polar surface area (TPSA) is 55.8 Å². The number of hydrogen-bond acceptors (Lipinski definition) is 4. The number of rotatable bonds is 5. The van der Waals surface area contributed by atoms with Crippen LogP contribution in [-0.2, 0) is 11.2 Å². The van der Waals surface area contributed by atoms with Crippen LogP contribution in [0.4, 0.5) is 0 Å². The highest BCUT2D eigenvalue weighted by atomic mass is 16.7. The van der Waals surface area contributed by atoms with Crippen molar-refractivity contribution in [2.45, 2.75) is 59.2 Å². The van der Waals surface area contributed by atoms with Gasteiger partial charge in [-0.25, -0.2) is 4.79 Å². The van der Waals surface area contributed by atoms with Gasteiger partial charge in [-0.3, -0.25) is 0 Å². The molecule has 0 fully saturated rings. The lowest BCUT2D eigenvalue weighted by atomic mass is 9.92. The number of fused-ring (bicyclic) bond motifs is 1. The van der Waals surface area contributed by atoms with Crippen molar-refractivity contribution < 1.29 is 19.4 Å². The van der Waals surface area contributed by atoms with Crippen LogP contribution in [0.3, 0.4) is 0 Å². The normalized spacial score (nSPS) is 15.2. The minimum absolute atomic E-state index is 0.131. The maximum absolute atomic E-state index is 12.7. The molecule has 0 saturated heterocycles. The first kappa shape index (κ1) is 18.3. The molecule has 0 amide bonds. The maximum atomic E-state index is 12.7. The molecule has 0 spiro atoms. The van der Waals surface area contributed by atoms with Gasteiger partial charge in [-0.15, -0.1) is 0 Å². The fourth-order valence-electron chi connectivity index (χ4n) is 3.41. The van der Waals surface area contributed by atoms with Gasteiger partial charge in [-0.05, 0) is 37.0 Å². The van der Waals surface area contributed by atoms with Gasteiger partial charge in [0.05, 0.1) is 5.56 Å². The standard InChI is InChI=1S/C22H26O4/c1-5-6-7-10-16-13-17(23)18(15-11-8-9-14(2)12-15)20-19(16)21(24)26-22(3,4)25-20/h8-9,11-13,23H,5-7,10H2,1-4H3. The third kappa shape index (κ3) is 3.55. The number of benzene rings is 2.